The zero-order valence-corrected chi connectivity index (χ0v) is 6.83. The molecule has 0 amide bonds. The molecule has 2 N–H and O–H groups in total. The Morgan fingerprint density at radius 3 is 2.62 bits per heavy atom. The second-order valence-corrected chi connectivity index (χ2v) is 2.59. The second-order valence-electron chi connectivity index (χ2n) is 2.59. The Balaban J connectivity index is 2.98. The third-order valence-corrected chi connectivity index (χ3v) is 1.66. The lowest BCUT2D eigenvalue weighted by Gasteiger charge is -2.00. The topological polar surface area (TPSA) is 57.5 Å². The number of aliphatic hydroxyl groups is 1. The van der Waals surface area contributed by atoms with E-state index in [1.165, 1.54) is 12.1 Å². The molecule has 0 saturated carbocycles. The highest BCUT2D eigenvalue weighted by atomic mass is 19.1. The second kappa shape index (κ2) is 4.00. The van der Waals surface area contributed by atoms with Crippen molar-refractivity contribution in [2.24, 2.45) is 0 Å². The van der Waals surface area contributed by atoms with E-state index in [0.29, 0.717) is 12.0 Å². The molecule has 0 aliphatic carbocycles. The largest absolute Gasteiger partial charge is 0.478 e. The molecule has 0 atom stereocenters. The molecule has 0 bridgehead atoms. The number of hydrogen-bond acceptors (Lipinski definition) is 2. The fourth-order valence-corrected chi connectivity index (χ4v) is 1.02. The number of carboxylic acids is 1. The Bertz CT molecular complexity index is 323. The summed E-state index contributed by atoms with van der Waals surface area (Å²) in [5.41, 5.74) is 0.242. The van der Waals surface area contributed by atoms with Crippen molar-refractivity contribution in [2.75, 3.05) is 6.61 Å². The smallest absolute Gasteiger partial charge is 0.338 e. The van der Waals surface area contributed by atoms with Crippen LogP contribution in [0.15, 0.2) is 18.2 Å². The number of halogens is 1. The van der Waals surface area contributed by atoms with E-state index >= 15 is 0 Å². The van der Waals surface area contributed by atoms with Crippen LogP contribution >= 0.6 is 0 Å². The maximum atomic E-state index is 13.0. The van der Waals surface area contributed by atoms with Gasteiger partial charge in [0, 0.05) is 6.61 Å². The first kappa shape index (κ1) is 9.67. The summed E-state index contributed by atoms with van der Waals surface area (Å²) in [6.07, 6.45) is 0.330. The molecule has 0 aliphatic heterocycles. The Morgan fingerprint density at radius 1 is 1.46 bits per heavy atom. The maximum Gasteiger partial charge on any atom is 0.338 e. The average molecular weight is 184 g/mol. The number of aromatic carboxylic acids is 1. The van der Waals surface area contributed by atoms with Gasteiger partial charge in [0.25, 0.3) is 0 Å². The van der Waals surface area contributed by atoms with Gasteiger partial charge in [0.1, 0.15) is 5.82 Å². The summed E-state index contributed by atoms with van der Waals surface area (Å²) in [6, 6.07) is 3.81. The van der Waals surface area contributed by atoms with E-state index in [-0.39, 0.29) is 12.2 Å². The summed E-state index contributed by atoms with van der Waals surface area (Å²) in [4.78, 5) is 10.4. The zero-order chi connectivity index (χ0) is 9.84. The molecule has 0 spiro atoms. The number of carbonyl (C=O) groups is 1. The van der Waals surface area contributed by atoms with Crippen molar-refractivity contribution in [3.63, 3.8) is 0 Å². The Labute approximate surface area is 74.4 Å². The SMILES string of the molecule is O=C(O)c1ccc(CCO)cc1F. The minimum atomic E-state index is -1.28. The molecule has 4 heteroatoms. The van der Waals surface area contributed by atoms with E-state index in [2.05, 4.69) is 0 Å². The highest BCUT2D eigenvalue weighted by Gasteiger charge is 2.09. The predicted molar refractivity (Wildman–Crippen MR) is 44.1 cm³/mol. The average Bonchev–Trinajstić information content (AvgIpc) is 2.04. The van der Waals surface area contributed by atoms with Crippen LogP contribution in [0.5, 0.6) is 0 Å². The first-order valence-electron chi connectivity index (χ1n) is 3.77. The van der Waals surface area contributed by atoms with Crippen molar-refractivity contribution in [3.05, 3.63) is 35.1 Å². The maximum absolute atomic E-state index is 13.0. The molecule has 13 heavy (non-hydrogen) atoms. The van der Waals surface area contributed by atoms with E-state index in [1.807, 2.05) is 0 Å². The van der Waals surface area contributed by atoms with Crippen molar-refractivity contribution in [1.29, 1.82) is 0 Å². The molecular formula is C9H9FO3. The van der Waals surface area contributed by atoms with Crippen molar-refractivity contribution < 1.29 is 19.4 Å². The van der Waals surface area contributed by atoms with Crippen LogP contribution in [-0.2, 0) is 6.42 Å². The lowest BCUT2D eigenvalue weighted by atomic mass is 10.1. The molecule has 0 unspecified atom stereocenters. The standard InChI is InChI=1S/C9H9FO3/c10-8-5-6(3-4-11)1-2-7(8)9(12)13/h1-2,5,11H,3-4H2,(H,12,13). The third kappa shape index (κ3) is 2.26. The van der Waals surface area contributed by atoms with Gasteiger partial charge in [-0.05, 0) is 24.1 Å². The Morgan fingerprint density at radius 2 is 2.15 bits per heavy atom. The molecule has 0 aromatic heterocycles. The zero-order valence-electron chi connectivity index (χ0n) is 6.83. The van der Waals surface area contributed by atoms with Gasteiger partial charge in [-0.3, -0.25) is 0 Å². The monoisotopic (exact) mass is 184 g/mol. The normalized spacial score (nSPS) is 10.0. The highest BCUT2D eigenvalue weighted by Crippen LogP contribution is 2.10. The van der Waals surface area contributed by atoms with Crippen molar-refractivity contribution in [3.8, 4) is 0 Å². The lowest BCUT2D eigenvalue weighted by molar-refractivity contribution is 0.0692. The van der Waals surface area contributed by atoms with Crippen molar-refractivity contribution in [2.45, 2.75) is 6.42 Å². The van der Waals surface area contributed by atoms with Crippen LogP contribution in [0.2, 0.25) is 0 Å². The van der Waals surface area contributed by atoms with E-state index < -0.39 is 11.8 Å². The molecular weight excluding hydrogens is 175 g/mol. The van der Waals surface area contributed by atoms with Crippen LogP contribution in [0.1, 0.15) is 15.9 Å². The number of aliphatic hydroxyl groups excluding tert-OH is 1. The van der Waals surface area contributed by atoms with Gasteiger partial charge in [0.15, 0.2) is 0 Å². The molecule has 0 radical (unpaired) electrons. The molecule has 0 aliphatic rings. The fourth-order valence-electron chi connectivity index (χ4n) is 1.02. The third-order valence-electron chi connectivity index (χ3n) is 1.66. The highest BCUT2D eigenvalue weighted by molar-refractivity contribution is 5.87. The first-order chi connectivity index (χ1) is 6.15. The van der Waals surface area contributed by atoms with Crippen molar-refractivity contribution in [1.82, 2.24) is 0 Å². The van der Waals surface area contributed by atoms with E-state index in [1.54, 1.807) is 0 Å². The molecule has 3 nitrogen and oxygen atoms in total. The number of hydrogen-bond donors (Lipinski definition) is 2. The quantitative estimate of drug-likeness (QED) is 0.738. The van der Waals surface area contributed by atoms with E-state index in [4.69, 9.17) is 10.2 Å². The van der Waals surface area contributed by atoms with Gasteiger partial charge in [0.2, 0.25) is 0 Å². The molecule has 70 valence electrons. The molecule has 1 aromatic rings. The van der Waals surface area contributed by atoms with Gasteiger partial charge in [-0.1, -0.05) is 6.07 Å². The fraction of sp³-hybridized carbons (Fsp3) is 0.222. The van der Waals surface area contributed by atoms with Crippen LogP contribution in [0.4, 0.5) is 4.39 Å². The van der Waals surface area contributed by atoms with Crippen LogP contribution in [0.3, 0.4) is 0 Å². The molecule has 1 aromatic carbocycles. The minimum Gasteiger partial charge on any atom is -0.478 e. The summed E-state index contributed by atoms with van der Waals surface area (Å²) in [5, 5.41) is 17.0. The van der Waals surface area contributed by atoms with Crippen LogP contribution < -0.4 is 0 Å². The summed E-state index contributed by atoms with van der Waals surface area (Å²) in [5.74, 6) is -2.05. The Hall–Kier alpha value is -1.42. The number of carboxylic acid groups (broad SMARTS) is 1. The Kier molecular flexibility index (Phi) is 2.97. The van der Waals surface area contributed by atoms with Gasteiger partial charge in [-0.25, -0.2) is 9.18 Å². The summed E-state index contributed by atoms with van der Waals surface area (Å²) in [7, 11) is 0. The number of rotatable bonds is 3. The molecule has 0 saturated heterocycles. The van der Waals surface area contributed by atoms with E-state index in [9.17, 15) is 9.18 Å². The first-order valence-corrected chi connectivity index (χ1v) is 3.77. The van der Waals surface area contributed by atoms with Gasteiger partial charge in [0.05, 0.1) is 5.56 Å². The van der Waals surface area contributed by atoms with Gasteiger partial charge in [-0.2, -0.15) is 0 Å². The molecule has 1 rings (SSSR count). The molecule has 0 heterocycles. The summed E-state index contributed by atoms with van der Waals surface area (Å²) >= 11 is 0. The summed E-state index contributed by atoms with van der Waals surface area (Å²) in [6.45, 7) is -0.0775. The molecule has 0 fully saturated rings. The van der Waals surface area contributed by atoms with Crippen LogP contribution in [0, 0.1) is 5.82 Å². The summed E-state index contributed by atoms with van der Waals surface area (Å²) < 4.78 is 13.0. The lowest BCUT2D eigenvalue weighted by Crippen LogP contribution is -2.01. The minimum absolute atomic E-state index is 0.0775. The van der Waals surface area contributed by atoms with Crippen LogP contribution in [0.25, 0.3) is 0 Å². The van der Waals surface area contributed by atoms with Gasteiger partial charge >= 0.3 is 5.97 Å². The van der Waals surface area contributed by atoms with Gasteiger partial charge < -0.3 is 10.2 Å². The predicted octanol–water partition coefficient (Wildman–Crippen LogP) is 1.06. The van der Waals surface area contributed by atoms with Crippen molar-refractivity contribution >= 4 is 5.97 Å². The van der Waals surface area contributed by atoms with Gasteiger partial charge in [-0.15, -0.1) is 0 Å². The van der Waals surface area contributed by atoms with E-state index in [0.717, 1.165) is 6.07 Å². The van der Waals surface area contributed by atoms with Crippen LogP contribution in [-0.4, -0.2) is 22.8 Å². The number of benzene rings is 1.